The van der Waals surface area contributed by atoms with Crippen LogP contribution in [0, 0.1) is 17.3 Å². The van der Waals surface area contributed by atoms with Crippen LogP contribution in [-0.4, -0.2) is 23.8 Å². The zero-order valence-corrected chi connectivity index (χ0v) is 7.98. The molecule has 2 fully saturated rings. The van der Waals surface area contributed by atoms with Crippen LogP contribution in [0.15, 0.2) is 12.2 Å². The molecule has 1 heterocycles. The maximum absolute atomic E-state index is 11.4. The molecule has 0 spiro atoms. The first-order valence-electron chi connectivity index (χ1n) is 5.24. The number of fused-ring (bicyclic) bond motifs is 2. The Morgan fingerprint density at radius 1 is 1.57 bits per heavy atom. The van der Waals surface area contributed by atoms with Gasteiger partial charge in [0.1, 0.15) is 0 Å². The molecule has 4 unspecified atom stereocenters. The van der Waals surface area contributed by atoms with E-state index in [9.17, 15) is 9.90 Å². The zero-order valence-electron chi connectivity index (χ0n) is 7.98. The Morgan fingerprint density at radius 3 is 2.79 bits per heavy atom. The number of carboxylic acids is 1. The summed E-state index contributed by atoms with van der Waals surface area (Å²) < 4.78 is 5.17. The fraction of sp³-hybridized carbons (Fsp3) is 0.727. The summed E-state index contributed by atoms with van der Waals surface area (Å²) in [7, 11) is 0. The maximum Gasteiger partial charge on any atom is 0.310 e. The van der Waals surface area contributed by atoms with Gasteiger partial charge in [0.2, 0.25) is 0 Å². The molecular formula is C11H14O3. The van der Waals surface area contributed by atoms with E-state index in [1.807, 2.05) is 0 Å². The van der Waals surface area contributed by atoms with Crippen molar-refractivity contribution in [3.63, 3.8) is 0 Å². The van der Waals surface area contributed by atoms with E-state index in [4.69, 9.17) is 4.74 Å². The normalized spacial score (nSPS) is 48.4. The number of hydrogen-bond donors (Lipinski definition) is 1. The lowest BCUT2D eigenvalue weighted by atomic mass is 9.72. The summed E-state index contributed by atoms with van der Waals surface area (Å²) >= 11 is 0. The summed E-state index contributed by atoms with van der Waals surface area (Å²) in [4.78, 5) is 11.4. The van der Waals surface area contributed by atoms with Crippen LogP contribution in [0.5, 0.6) is 0 Å². The molecule has 3 rings (SSSR count). The SMILES string of the molecule is O=C(O)C1(CC2CO2)CC2C=CC1C2. The predicted molar refractivity (Wildman–Crippen MR) is 49.8 cm³/mol. The number of epoxide rings is 1. The van der Waals surface area contributed by atoms with Crippen molar-refractivity contribution in [3.8, 4) is 0 Å². The van der Waals surface area contributed by atoms with Crippen molar-refractivity contribution in [1.82, 2.24) is 0 Å². The number of ether oxygens (including phenoxy) is 1. The van der Waals surface area contributed by atoms with Crippen LogP contribution < -0.4 is 0 Å². The highest BCUT2D eigenvalue weighted by Gasteiger charge is 2.55. The number of hydrogen-bond acceptors (Lipinski definition) is 2. The lowest BCUT2D eigenvalue weighted by Crippen LogP contribution is -2.36. The van der Waals surface area contributed by atoms with Crippen LogP contribution in [0.25, 0.3) is 0 Å². The summed E-state index contributed by atoms with van der Waals surface area (Å²) in [5, 5.41) is 9.37. The Balaban J connectivity index is 1.88. The minimum atomic E-state index is -0.621. The fourth-order valence-corrected chi connectivity index (χ4v) is 3.12. The summed E-state index contributed by atoms with van der Waals surface area (Å²) in [6.07, 6.45) is 7.08. The Hall–Kier alpha value is -0.830. The van der Waals surface area contributed by atoms with Crippen molar-refractivity contribution >= 4 is 5.97 Å². The molecule has 1 saturated carbocycles. The van der Waals surface area contributed by atoms with Gasteiger partial charge in [0.15, 0.2) is 0 Å². The van der Waals surface area contributed by atoms with Gasteiger partial charge in [-0.1, -0.05) is 12.2 Å². The standard InChI is InChI=1S/C11H14O3/c12-10(13)11(5-9-6-14-9)4-7-1-2-8(11)3-7/h1-2,7-9H,3-6H2,(H,12,13). The van der Waals surface area contributed by atoms with Crippen molar-refractivity contribution in [2.24, 2.45) is 17.3 Å². The van der Waals surface area contributed by atoms with Crippen molar-refractivity contribution in [2.75, 3.05) is 6.61 Å². The molecule has 1 N–H and O–H groups in total. The number of carbonyl (C=O) groups is 1. The van der Waals surface area contributed by atoms with Gasteiger partial charge in [0.25, 0.3) is 0 Å². The molecule has 3 aliphatic rings. The van der Waals surface area contributed by atoms with Crippen molar-refractivity contribution in [2.45, 2.75) is 25.4 Å². The first-order chi connectivity index (χ1) is 6.71. The topological polar surface area (TPSA) is 49.8 Å². The van der Waals surface area contributed by atoms with Crippen LogP contribution in [-0.2, 0) is 9.53 Å². The van der Waals surface area contributed by atoms with E-state index in [-0.39, 0.29) is 12.0 Å². The van der Waals surface area contributed by atoms with Gasteiger partial charge < -0.3 is 9.84 Å². The largest absolute Gasteiger partial charge is 0.481 e. The Labute approximate surface area is 82.8 Å². The molecule has 0 radical (unpaired) electrons. The second kappa shape index (κ2) is 2.60. The minimum Gasteiger partial charge on any atom is -0.481 e. The molecule has 2 aliphatic carbocycles. The van der Waals surface area contributed by atoms with Gasteiger partial charge in [-0.25, -0.2) is 0 Å². The molecule has 1 saturated heterocycles. The van der Waals surface area contributed by atoms with Crippen LogP contribution in [0.1, 0.15) is 19.3 Å². The molecule has 0 amide bonds. The third kappa shape index (κ3) is 1.05. The van der Waals surface area contributed by atoms with Crippen molar-refractivity contribution in [3.05, 3.63) is 12.2 Å². The van der Waals surface area contributed by atoms with Crippen LogP contribution >= 0.6 is 0 Å². The van der Waals surface area contributed by atoms with Gasteiger partial charge >= 0.3 is 5.97 Å². The molecule has 4 atom stereocenters. The highest BCUT2D eigenvalue weighted by atomic mass is 16.6. The Kier molecular flexibility index (Phi) is 1.57. The van der Waals surface area contributed by atoms with E-state index in [0.29, 0.717) is 12.3 Å². The van der Waals surface area contributed by atoms with Gasteiger partial charge in [-0.3, -0.25) is 4.79 Å². The molecular weight excluding hydrogens is 180 g/mol. The van der Waals surface area contributed by atoms with E-state index < -0.39 is 11.4 Å². The first-order valence-corrected chi connectivity index (χ1v) is 5.24. The summed E-state index contributed by atoms with van der Waals surface area (Å²) in [5.41, 5.74) is -0.499. The maximum atomic E-state index is 11.4. The number of aliphatic carboxylic acids is 1. The van der Waals surface area contributed by atoms with E-state index in [1.54, 1.807) is 0 Å². The Bertz CT molecular complexity index is 306. The zero-order chi connectivity index (χ0) is 9.76. The van der Waals surface area contributed by atoms with Crippen molar-refractivity contribution < 1.29 is 14.6 Å². The smallest absolute Gasteiger partial charge is 0.310 e. The van der Waals surface area contributed by atoms with Gasteiger partial charge in [0, 0.05) is 0 Å². The first kappa shape index (κ1) is 8.48. The molecule has 0 aromatic rings. The lowest BCUT2D eigenvalue weighted by Gasteiger charge is -2.30. The minimum absolute atomic E-state index is 0.221. The van der Waals surface area contributed by atoms with Crippen LogP contribution in [0.4, 0.5) is 0 Å². The molecule has 1 aliphatic heterocycles. The number of rotatable bonds is 3. The highest BCUT2D eigenvalue weighted by Crippen LogP contribution is 2.55. The average molecular weight is 194 g/mol. The van der Waals surface area contributed by atoms with Gasteiger partial charge in [-0.2, -0.15) is 0 Å². The lowest BCUT2D eigenvalue weighted by molar-refractivity contribution is -0.151. The molecule has 0 aromatic heterocycles. The second-order valence-electron chi connectivity index (χ2n) is 4.81. The third-order valence-electron chi connectivity index (χ3n) is 3.93. The quantitative estimate of drug-likeness (QED) is 0.546. The fourth-order valence-electron chi connectivity index (χ4n) is 3.12. The predicted octanol–water partition coefficient (Wildman–Crippen LogP) is 1.44. The van der Waals surface area contributed by atoms with E-state index in [1.165, 1.54) is 0 Å². The third-order valence-corrected chi connectivity index (χ3v) is 3.93. The van der Waals surface area contributed by atoms with Gasteiger partial charge in [0.05, 0.1) is 18.1 Å². The molecule has 76 valence electrons. The molecule has 14 heavy (non-hydrogen) atoms. The van der Waals surface area contributed by atoms with E-state index in [0.717, 1.165) is 19.4 Å². The summed E-state index contributed by atoms with van der Waals surface area (Å²) in [6, 6.07) is 0. The summed E-state index contributed by atoms with van der Waals surface area (Å²) in [5.74, 6) is 0.147. The van der Waals surface area contributed by atoms with E-state index >= 15 is 0 Å². The highest BCUT2D eigenvalue weighted by molar-refractivity contribution is 5.76. The molecule has 2 bridgehead atoms. The van der Waals surface area contributed by atoms with Gasteiger partial charge in [-0.05, 0) is 31.1 Å². The Morgan fingerprint density at radius 2 is 2.36 bits per heavy atom. The number of allylic oxidation sites excluding steroid dienone is 2. The van der Waals surface area contributed by atoms with Crippen LogP contribution in [0.2, 0.25) is 0 Å². The van der Waals surface area contributed by atoms with Crippen molar-refractivity contribution in [1.29, 1.82) is 0 Å². The average Bonchev–Trinajstić information content (AvgIpc) is 2.74. The monoisotopic (exact) mass is 194 g/mol. The van der Waals surface area contributed by atoms with Crippen LogP contribution in [0.3, 0.4) is 0 Å². The second-order valence-corrected chi connectivity index (χ2v) is 4.81. The molecule has 3 heteroatoms. The van der Waals surface area contributed by atoms with E-state index in [2.05, 4.69) is 12.2 Å². The summed E-state index contributed by atoms with van der Waals surface area (Å²) in [6.45, 7) is 0.760. The van der Waals surface area contributed by atoms with Gasteiger partial charge in [-0.15, -0.1) is 0 Å². The molecule has 3 nitrogen and oxygen atoms in total. The molecule has 0 aromatic carbocycles. The number of carboxylic acid groups (broad SMARTS) is 1.